The quantitative estimate of drug-likeness (QED) is 0.358. The maximum absolute atomic E-state index is 14.7. The number of epoxide rings is 1. The number of nitrogens with zero attached hydrogens (tertiary/aromatic N) is 3. The van der Waals surface area contributed by atoms with Gasteiger partial charge < -0.3 is 25.0 Å². The number of halogens is 1. The van der Waals surface area contributed by atoms with Crippen molar-refractivity contribution in [2.24, 2.45) is 0 Å². The number of hydrogen-bond donors (Lipinski definition) is 2. The van der Waals surface area contributed by atoms with Crippen molar-refractivity contribution >= 4 is 26.9 Å². The maximum Gasteiger partial charge on any atom is 0.175 e. The number of methoxy groups -OCH3 is 1. The van der Waals surface area contributed by atoms with Gasteiger partial charge in [-0.05, 0) is 43.7 Å². The number of piperidine rings is 1. The van der Waals surface area contributed by atoms with Crippen LogP contribution in [0, 0.1) is 11.8 Å². The summed E-state index contributed by atoms with van der Waals surface area (Å²) in [6, 6.07) is 10.2. The molecule has 1 aromatic carbocycles. The summed E-state index contributed by atoms with van der Waals surface area (Å²) < 4.78 is 51.0. The predicted octanol–water partition coefficient (Wildman–Crippen LogP) is 2.74. The molecule has 2 aliphatic heterocycles. The Morgan fingerprint density at radius 1 is 1.30 bits per heavy atom. The monoisotopic (exact) mass is 527 g/mol. The Balaban J connectivity index is 1.37. The van der Waals surface area contributed by atoms with E-state index in [0.29, 0.717) is 36.7 Å². The van der Waals surface area contributed by atoms with Crippen molar-refractivity contribution in [1.29, 1.82) is 0 Å². The fourth-order valence-electron chi connectivity index (χ4n) is 4.55. The van der Waals surface area contributed by atoms with Crippen LogP contribution in [0.15, 0.2) is 41.3 Å². The van der Waals surface area contributed by atoms with Gasteiger partial charge in [0, 0.05) is 31.0 Å². The van der Waals surface area contributed by atoms with E-state index in [9.17, 15) is 12.8 Å². The minimum atomic E-state index is -3.34. The van der Waals surface area contributed by atoms with Crippen LogP contribution in [0.1, 0.15) is 23.8 Å². The number of alkyl halides is 1. The zero-order valence-corrected chi connectivity index (χ0v) is 21.8. The van der Waals surface area contributed by atoms with Crippen LogP contribution in [0.4, 0.5) is 15.9 Å². The number of aromatic nitrogens is 2. The number of sulfone groups is 1. The molecule has 0 bridgehead atoms. The van der Waals surface area contributed by atoms with E-state index >= 15 is 0 Å². The Labute approximate surface area is 215 Å². The second-order valence-corrected chi connectivity index (χ2v) is 11.4. The topological polar surface area (TPSA) is 100 Å². The number of fused-ring (bicyclic) bond motifs is 1. The molecule has 0 aliphatic carbocycles. The van der Waals surface area contributed by atoms with E-state index in [0.717, 1.165) is 29.7 Å². The second-order valence-electron chi connectivity index (χ2n) is 9.40. The summed E-state index contributed by atoms with van der Waals surface area (Å²) in [5.74, 6) is 7.37. The van der Waals surface area contributed by atoms with Gasteiger partial charge in [0.1, 0.15) is 29.5 Å². The van der Waals surface area contributed by atoms with Crippen LogP contribution in [0.5, 0.6) is 5.75 Å². The average molecular weight is 528 g/mol. The fourth-order valence-corrected chi connectivity index (χ4v) is 5.18. The lowest BCUT2D eigenvalue weighted by Crippen LogP contribution is -2.46. The second kappa shape index (κ2) is 10.2. The van der Waals surface area contributed by atoms with E-state index in [1.165, 1.54) is 19.2 Å². The molecule has 0 saturated carbocycles. The van der Waals surface area contributed by atoms with E-state index in [2.05, 4.69) is 22.5 Å². The van der Waals surface area contributed by atoms with Crippen molar-refractivity contribution in [3.8, 4) is 17.6 Å². The van der Waals surface area contributed by atoms with Crippen molar-refractivity contribution < 1.29 is 22.3 Å². The number of ether oxygens (including phenoxy) is 2. The Morgan fingerprint density at radius 3 is 2.81 bits per heavy atom. The molecule has 3 atom stereocenters. The summed E-state index contributed by atoms with van der Waals surface area (Å²) in [5, 5.41) is 11.3. The molecule has 0 amide bonds. The minimum absolute atomic E-state index is 0.0640. The van der Waals surface area contributed by atoms with Gasteiger partial charge in [0.05, 0.1) is 42.4 Å². The Morgan fingerprint density at radius 2 is 2.11 bits per heavy atom. The smallest absolute Gasteiger partial charge is 0.175 e. The first-order chi connectivity index (χ1) is 17.7. The fraction of sp³-hybridized carbons (Fsp3) is 0.423. The van der Waals surface area contributed by atoms with Gasteiger partial charge in [-0.15, -0.1) is 0 Å². The summed E-state index contributed by atoms with van der Waals surface area (Å²) in [6.07, 6.45) is 0.831. The lowest BCUT2D eigenvalue weighted by molar-refractivity contribution is 0.149. The molecule has 0 spiro atoms. The summed E-state index contributed by atoms with van der Waals surface area (Å²) in [7, 11) is 0.0771. The normalized spacial score (nSPS) is 21.8. The largest absolute Gasteiger partial charge is 0.495 e. The summed E-state index contributed by atoms with van der Waals surface area (Å²) in [4.78, 5) is 2.18. The number of anilines is 2. The molecule has 0 unspecified atom stereocenters. The minimum Gasteiger partial charge on any atom is -0.495 e. The van der Waals surface area contributed by atoms with Crippen LogP contribution in [0.25, 0.3) is 5.52 Å². The molecule has 3 aromatic rings. The molecule has 5 rings (SSSR count). The number of pyridine rings is 1. The van der Waals surface area contributed by atoms with E-state index in [4.69, 9.17) is 14.6 Å². The summed E-state index contributed by atoms with van der Waals surface area (Å²) >= 11 is 0. The van der Waals surface area contributed by atoms with E-state index in [1.54, 1.807) is 10.6 Å². The Bertz CT molecular complexity index is 1480. The van der Waals surface area contributed by atoms with Gasteiger partial charge in [-0.1, -0.05) is 12.0 Å². The van der Waals surface area contributed by atoms with Crippen molar-refractivity contribution in [3.05, 3.63) is 47.7 Å². The van der Waals surface area contributed by atoms with Gasteiger partial charge in [0.25, 0.3) is 0 Å². The van der Waals surface area contributed by atoms with Crippen molar-refractivity contribution in [3.63, 3.8) is 0 Å². The molecule has 2 saturated heterocycles. The number of benzene rings is 1. The first-order valence-electron chi connectivity index (χ1n) is 12.1. The standard InChI is InChI=1S/C26H30FN5O4S/c1-31-13-11-19(18(27)15-31)29-25-8-4-7-22-26(24-16-36-24)21(30-32(22)25)6-5-12-28-20-10-9-17(37(3,33)34)14-23(20)35-2/h4,7-10,14,18-19,24,28-29H,11-13,15-16H2,1-3H3/t18-,19+,24+/m0/s1. The van der Waals surface area contributed by atoms with E-state index in [1.807, 2.05) is 30.1 Å². The van der Waals surface area contributed by atoms with Crippen molar-refractivity contribution in [2.75, 3.05) is 57.3 Å². The Hall–Kier alpha value is -3.33. The van der Waals surface area contributed by atoms with E-state index < -0.39 is 16.0 Å². The highest BCUT2D eigenvalue weighted by Gasteiger charge is 2.33. The molecule has 4 heterocycles. The SMILES string of the molecule is COc1cc(S(C)(=O)=O)ccc1NCC#Cc1nn2c(N[C@@H]3CCN(C)C[C@@H]3F)cccc2c1[C@H]1CO1. The lowest BCUT2D eigenvalue weighted by atomic mass is 10.0. The van der Waals surface area contributed by atoms with Crippen LogP contribution in [0.3, 0.4) is 0 Å². The van der Waals surface area contributed by atoms with Crippen LogP contribution in [-0.2, 0) is 14.6 Å². The molecule has 2 fully saturated rings. The first kappa shape index (κ1) is 25.3. The number of likely N-dealkylation sites (tertiary alicyclic amines) is 1. The van der Waals surface area contributed by atoms with Crippen LogP contribution >= 0.6 is 0 Å². The summed E-state index contributed by atoms with van der Waals surface area (Å²) in [5.41, 5.74) is 3.05. The first-order valence-corrected chi connectivity index (χ1v) is 14.0. The molecule has 2 aromatic heterocycles. The molecule has 2 aliphatic rings. The highest BCUT2D eigenvalue weighted by Crippen LogP contribution is 2.36. The predicted molar refractivity (Wildman–Crippen MR) is 140 cm³/mol. The van der Waals surface area contributed by atoms with Gasteiger partial charge in [0.15, 0.2) is 9.84 Å². The van der Waals surface area contributed by atoms with Crippen LogP contribution in [-0.4, -0.2) is 81.8 Å². The van der Waals surface area contributed by atoms with Gasteiger partial charge in [-0.25, -0.2) is 17.3 Å². The maximum atomic E-state index is 14.7. The number of rotatable bonds is 7. The van der Waals surface area contributed by atoms with Crippen LogP contribution in [0.2, 0.25) is 0 Å². The molecular formula is C26H30FN5O4S. The van der Waals surface area contributed by atoms with Crippen molar-refractivity contribution in [1.82, 2.24) is 14.5 Å². The number of nitrogens with one attached hydrogen (secondary N) is 2. The zero-order valence-electron chi connectivity index (χ0n) is 21.0. The zero-order chi connectivity index (χ0) is 26.2. The van der Waals surface area contributed by atoms with Crippen molar-refractivity contribution in [2.45, 2.75) is 29.6 Å². The van der Waals surface area contributed by atoms with Gasteiger partial charge >= 0.3 is 0 Å². The molecule has 9 nitrogen and oxygen atoms in total. The molecule has 2 N–H and O–H groups in total. The third kappa shape index (κ3) is 5.51. The highest BCUT2D eigenvalue weighted by molar-refractivity contribution is 7.90. The van der Waals surface area contributed by atoms with Crippen LogP contribution < -0.4 is 15.4 Å². The molecule has 11 heteroatoms. The highest BCUT2D eigenvalue weighted by atomic mass is 32.2. The third-order valence-corrected chi connectivity index (χ3v) is 7.71. The van der Waals surface area contributed by atoms with Gasteiger partial charge in [-0.3, -0.25) is 0 Å². The Kier molecular flexibility index (Phi) is 6.98. The average Bonchev–Trinajstić information content (AvgIpc) is 3.63. The number of hydrogen-bond acceptors (Lipinski definition) is 8. The van der Waals surface area contributed by atoms with E-state index in [-0.39, 0.29) is 23.6 Å². The lowest BCUT2D eigenvalue weighted by Gasteiger charge is -2.33. The molecule has 37 heavy (non-hydrogen) atoms. The molecular weight excluding hydrogens is 497 g/mol. The van der Waals surface area contributed by atoms with Gasteiger partial charge in [0.2, 0.25) is 0 Å². The molecule has 0 radical (unpaired) electrons. The summed E-state index contributed by atoms with van der Waals surface area (Å²) in [6.45, 7) is 2.13. The molecule has 196 valence electrons. The third-order valence-electron chi connectivity index (χ3n) is 6.60. The van der Waals surface area contributed by atoms with Gasteiger partial charge in [-0.2, -0.15) is 5.10 Å².